The highest BCUT2D eigenvalue weighted by Gasteiger charge is 2.22. The molecule has 1 aliphatic carbocycles. The summed E-state index contributed by atoms with van der Waals surface area (Å²) in [7, 11) is 0. The molecule has 3 aromatic rings. The van der Waals surface area contributed by atoms with Gasteiger partial charge in [0.2, 0.25) is 5.91 Å². The van der Waals surface area contributed by atoms with E-state index in [1.54, 1.807) is 42.5 Å². The number of carbonyl (C=O) groups excluding carboxylic acids is 2. The molecule has 4 nitrogen and oxygen atoms in total. The summed E-state index contributed by atoms with van der Waals surface area (Å²) in [6, 6.07) is 18.6. The Hall–Kier alpha value is -3.54. The third-order valence-corrected chi connectivity index (χ3v) is 5.44. The van der Waals surface area contributed by atoms with Crippen molar-refractivity contribution in [2.75, 3.05) is 11.4 Å². The van der Waals surface area contributed by atoms with E-state index in [2.05, 4.69) is 5.32 Å². The number of anilines is 1. The molecule has 0 unspecified atom stereocenters. The summed E-state index contributed by atoms with van der Waals surface area (Å²) in [6.45, 7) is 0.842. The molecule has 0 radical (unpaired) electrons. The van der Waals surface area contributed by atoms with Gasteiger partial charge in [-0.15, -0.1) is 0 Å². The fraction of sp³-hybridized carbons (Fsp3) is 0.231. The summed E-state index contributed by atoms with van der Waals surface area (Å²) >= 11 is 0. The van der Waals surface area contributed by atoms with Gasteiger partial charge in [0.25, 0.3) is 5.91 Å². The summed E-state index contributed by atoms with van der Waals surface area (Å²) in [4.78, 5) is 26.8. The van der Waals surface area contributed by atoms with Crippen LogP contribution >= 0.6 is 0 Å². The lowest BCUT2D eigenvalue weighted by Crippen LogP contribution is -2.30. The predicted molar refractivity (Wildman–Crippen MR) is 119 cm³/mol. The number of hydrogen-bond donors (Lipinski definition) is 1. The van der Waals surface area contributed by atoms with Crippen LogP contribution in [-0.2, 0) is 17.8 Å². The molecule has 0 aliphatic heterocycles. The number of nitrogens with zero attached hydrogens (tertiary/aromatic N) is 1. The van der Waals surface area contributed by atoms with Crippen LogP contribution in [0.2, 0.25) is 0 Å². The second-order valence-electron chi connectivity index (χ2n) is 8.12. The quantitative estimate of drug-likeness (QED) is 0.549. The van der Waals surface area contributed by atoms with Crippen LogP contribution in [-0.4, -0.2) is 18.4 Å². The molecule has 0 heterocycles. The van der Waals surface area contributed by atoms with Gasteiger partial charge in [0.05, 0.1) is 13.0 Å². The van der Waals surface area contributed by atoms with Gasteiger partial charge >= 0.3 is 0 Å². The molecule has 0 atom stereocenters. The summed E-state index contributed by atoms with van der Waals surface area (Å²) in [5.41, 5.74) is 2.21. The largest absolute Gasteiger partial charge is 0.356 e. The molecular formula is C26H24F2N2O2. The molecule has 32 heavy (non-hydrogen) atoms. The molecule has 2 amide bonds. The lowest BCUT2D eigenvalue weighted by atomic mass is 10.1. The van der Waals surface area contributed by atoms with Crippen molar-refractivity contribution in [2.45, 2.75) is 25.8 Å². The number of nitrogens with one attached hydrogen (secondary N) is 1. The Labute approximate surface area is 185 Å². The standard InChI is InChI=1S/C26H24F2N2O2/c27-22-5-1-3-20(13-22)17-30(26(32)21-4-2-6-23(28)15-21)24-11-9-18(10-12-24)14-25(31)29-16-19-7-8-19/h1-6,9-13,15,19H,7-8,14,16-17H2,(H,29,31). The Morgan fingerprint density at radius 3 is 2.22 bits per heavy atom. The summed E-state index contributed by atoms with van der Waals surface area (Å²) in [5.74, 6) is -0.713. The van der Waals surface area contributed by atoms with Crippen LogP contribution in [0.25, 0.3) is 0 Å². The fourth-order valence-corrected chi connectivity index (χ4v) is 3.50. The maximum absolute atomic E-state index is 13.7. The minimum absolute atomic E-state index is 0.0305. The smallest absolute Gasteiger partial charge is 0.258 e. The number of rotatable bonds is 8. The number of hydrogen-bond acceptors (Lipinski definition) is 2. The van der Waals surface area contributed by atoms with Crippen molar-refractivity contribution < 1.29 is 18.4 Å². The zero-order valence-corrected chi connectivity index (χ0v) is 17.6. The normalized spacial score (nSPS) is 12.9. The predicted octanol–water partition coefficient (Wildman–Crippen LogP) is 4.88. The minimum Gasteiger partial charge on any atom is -0.356 e. The van der Waals surface area contributed by atoms with E-state index in [9.17, 15) is 18.4 Å². The van der Waals surface area contributed by atoms with Crippen LogP contribution < -0.4 is 10.2 Å². The van der Waals surface area contributed by atoms with E-state index < -0.39 is 17.5 Å². The minimum atomic E-state index is -0.505. The molecule has 0 bridgehead atoms. The van der Waals surface area contributed by atoms with Crippen LogP contribution in [0, 0.1) is 17.6 Å². The number of carbonyl (C=O) groups is 2. The Bertz CT molecular complexity index is 1110. The average Bonchev–Trinajstić information content (AvgIpc) is 3.61. The summed E-state index contributed by atoms with van der Waals surface area (Å²) in [6.07, 6.45) is 2.61. The van der Waals surface area contributed by atoms with Gasteiger partial charge in [-0.05, 0) is 72.4 Å². The van der Waals surface area contributed by atoms with Gasteiger partial charge in [0.15, 0.2) is 0 Å². The fourth-order valence-electron chi connectivity index (χ4n) is 3.50. The van der Waals surface area contributed by atoms with Crippen molar-refractivity contribution in [3.63, 3.8) is 0 Å². The van der Waals surface area contributed by atoms with E-state index in [0.717, 1.165) is 12.1 Å². The molecule has 0 aromatic heterocycles. The zero-order valence-electron chi connectivity index (χ0n) is 17.6. The van der Waals surface area contributed by atoms with E-state index in [1.807, 2.05) is 0 Å². The molecule has 0 saturated heterocycles. The first kappa shape index (κ1) is 21.7. The molecule has 6 heteroatoms. The van der Waals surface area contributed by atoms with E-state index in [4.69, 9.17) is 0 Å². The topological polar surface area (TPSA) is 49.4 Å². The van der Waals surface area contributed by atoms with Crippen LogP contribution in [0.15, 0.2) is 72.8 Å². The van der Waals surface area contributed by atoms with E-state index >= 15 is 0 Å². The van der Waals surface area contributed by atoms with Gasteiger partial charge in [-0.1, -0.05) is 30.3 Å². The zero-order chi connectivity index (χ0) is 22.5. The number of amides is 2. The van der Waals surface area contributed by atoms with E-state index in [0.29, 0.717) is 17.2 Å². The number of halogens is 2. The van der Waals surface area contributed by atoms with E-state index in [-0.39, 0.29) is 24.4 Å². The van der Waals surface area contributed by atoms with E-state index in [1.165, 1.54) is 48.1 Å². The van der Waals surface area contributed by atoms with Crippen molar-refractivity contribution >= 4 is 17.5 Å². The lowest BCUT2D eigenvalue weighted by molar-refractivity contribution is -0.120. The molecule has 164 valence electrons. The van der Waals surface area contributed by atoms with Crippen molar-refractivity contribution in [1.82, 2.24) is 5.32 Å². The Balaban J connectivity index is 1.54. The first-order chi connectivity index (χ1) is 15.5. The van der Waals surface area contributed by atoms with Gasteiger partial charge in [0, 0.05) is 17.8 Å². The maximum atomic E-state index is 13.7. The molecule has 1 fully saturated rings. The van der Waals surface area contributed by atoms with Gasteiger partial charge < -0.3 is 10.2 Å². The number of benzene rings is 3. The third kappa shape index (κ3) is 5.78. The summed E-state index contributed by atoms with van der Waals surface area (Å²) < 4.78 is 27.4. The summed E-state index contributed by atoms with van der Waals surface area (Å²) in [5, 5.41) is 2.94. The van der Waals surface area contributed by atoms with Gasteiger partial charge in [0.1, 0.15) is 11.6 Å². The average molecular weight is 434 g/mol. The molecule has 3 aromatic carbocycles. The monoisotopic (exact) mass is 434 g/mol. The van der Waals surface area contributed by atoms with Gasteiger partial charge in [-0.3, -0.25) is 9.59 Å². The van der Waals surface area contributed by atoms with Gasteiger partial charge in [-0.25, -0.2) is 8.78 Å². The second kappa shape index (κ2) is 9.73. The Kier molecular flexibility index (Phi) is 6.59. The molecular weight excluding hydrogens is 410 g/mol. The van der Waals surface area contributed by atoms with Gasteiger partial charge in [-0.2, -0.15) is 0 Å². The lowest BCUT2D eigenvalue weighted by Gasteiger charge is -2.23. The molecule has 1 N–H and O–H groups in total. The van der Waals surface area contributed by atoms with Crippen LogP contribution in [0.3, 0.4) is 0 Å². The van der Waals surface area contributed by atoms with Crippen LogP contribution in [0.4, 0.5) is 14.5 Å². The van der Waals surface area contributed by atoms with Crippen molar-refractivity contribution in [2.24, 2.45) is 5.92 Å². The van der Waals surface area contributed by atoms with Crippen LogP contribution in [0.1, 0.15) is 34.3 Å². The van der Waals surface area contributed by atoms with Crippen LogP contribution in [0.5, 0.6) is 0 Å². The SMILES string of the molecule is O=C(Cc1ccc(N(Cc2cccc(F)c2)C(=O)c2cccc(F)c2)cc1)NCC1CC1. The third-order valence-electron chi connectivity index (χ3n) is 5.44. The second-order valence-corrected chi connectivity index (χ2v) is 8.12. The highest BCUT2D eigenvalue weighted by Crippen LogP contribution is 2.27. The highest BCUT2D eigenvalue weighted by atomic mass is 19.1. The molecule has 0 spiro atoms. The van der Waals surface area contributed by atoms with Crippen molar-refractivity contribution in [3.8, 4) is 0 Å². The molecule has 1 aliphatic rings. The maximum Gasteiger partial charge on any atom is 0.258 e. The van der Waals surface area contributed by atoms with Crippen molar-refractivity contribution in [1.29, 1.82) is 0 Å². The first-order valence-corrected chi connectivity index (χ1v) is 10.7. The highest BCUT2D eigenvalue weighted by molar-refractivity contribution is 6.06. The Morgan fingerprint density at radius 2 is 1.56 bits per heavy atom. The Morgan fingerprint density at radius 1 is 0.875 bits per heavy atom. The molecule has 4 rings (SSSR count). The molecule has 1 saturated carbocycles. The first-order valence-electron chi connectivity index (χ1n) is 10.7. The van der Waals surface area contributed by atoms with Crippen molar-refractivity contribution in [3.05, 3.63) is 101 Å².